The van der Waals surface area contributed by atoms with Crippen molar-refractivity contribution in [2.75, 3.05) is 0 Å². The van der Waals surface area contributed by atoms with Crippen LogP contribution in [0.25, 0.3) is 5.52 Å². The van der Waals surface area contributed by atoms with Gasteiger partial charge in [-0.3, -0.25) is 0 Å². The molecule has 0 saturated heterocycles. The summed E-state index contributed by atoms with van der Waals surface area (Å²) in [5.41, 5.74) is 2.40. The van der Waals surface area contributed by atoms with Gasteiger partial charge < -0.3 is 5.32 Å². The van der Waals surface area contributed by atoms with Crippen molar-refractivity contribution in [3.05, 3.63) is 48.8 Å². The summed E-state index contributed by atoms with van der Waals surface area (Å²) >= 11 is 0. The third-order valence-corrected chi connectivity index (χ3v) is 2.67. The molecule has 0 amide bonds. The van der Waals surface area contributed by atoms with Crippen molar-refractivity contribution in [1.29, 1.82) is 0 Å². The third kappa shape index (κ3) is 2.31. The summed E-state index contributed by atoms with van der Waals surface area (Å²) in [4.78, 5) is 0. The molecule has 0 spiro atoms. The van der Waals surface area contributed by atoms with E-state index >= 15 is 0 Å². The molecule has 16 heavy (non-hydrogen) atoms. The molecule has 2 aromatic rings. The molecule has 1 atom stereocenters. The highest BCUT2D eigenvalue weighted by Crippen LogP contribution is 2.09. The number of rotatable bonds is 5. The minimum Gasteiger partial charge on any atom is -0.310 e. The predicted octanol–water partition coefficient (Wildman–Crippen LogP) is 2.39. The average molecular weight is 215 g/mol. The molecule has 0 radical (unpaired) electrons. The third-order valence-electron chi connectivity index (χ3n) is 2.67. The molecule has 1 N–H and O–H groups in total. The van der Waals surface area contributed by atoms with Crippen LogP contribution in [-0.2, 0) is 6.54 Å². The average Bonchev–Trinajstić information content (AvgIpc) is 2.70. The van der Waals surface area contributed by atoms with Crippen LogP contribution in [-0.4, -0.2) is 15.7 Å². The molecule has 0 aliphatic heterocycles. The van der Waals surface area contributed by atoms with E-state index in [1.54, 1.807) is 0 Å². The first-order valence-corrected chi connectivity index (χ1v) is 5.57. The topological polar surface area (TPSA) is 29.3 Å². The summed E-state index contributed by atoms with van der Waals surface area (Å²) in [6.45, 7) is 6.75. The Morgan fingerprint density at radius 2 is 2.44 bits per heavy atom. The summed E-state index contributed by atoms with van der Waals surface area (Å²) in [6, 6.07) is 6.56. The number of pyridine rings is 1. The first kappa shape index (κ1) is 10.9. The van der Waals surface area contributed by atoms with Crippen LogP contribution in [0.2, 0.25) is 0 Å². The fraction of sp³-hybridized carbons (Fsp3) is 0.308. The molecule has 2 heterocycles. The minimum absolute atomic E-state index is 0.455. The van der Waals surface area contributed by atoms with Crippen molar-refractivity contribution in [1.82, 2.24) is 14.9 Å². The lowest BCUT2D eigenvalue weighted by Crippen LogP contribution is -2.24. The molecule has 0 fully saturated rings. The van der Waals surface area contributed by atoms with Crippen molar-refractivity contribution < 1.29 is 0 Å². The van der Waals surface area contributed by atoms with E-state index in [4.69, 9.17) is 0 Å². The lowest BCUT2D eigenvalue weighted by atomic mass is 10.2. The summed E-state index contributed by atoms with van der Waals surface area (Å²) in [6.07, 6.45) is 6.81. The van der Waals surface area contributed by atoms with Crippen molar-refractivity contribution >= 4 is 5.52 Å². The second-order valence-corrected chi connectivity index (χ2v) is 4.01. The maximum absolute atomic E-state index is 4.30. The van der Waals surface area contributed by atoms with E-state index < -0.39 is 0 Å². The molecule has 84 valence electrons. The number of aromatic nitrogens is 2. The Labute approximate surface area is 95.8 Å². The summed E-state index contributed by atoms with van der Waals surface area (Å²) in [5.74, 6) is 0. The Morgan fingerprint density at radius 1 is 1.56 bits per heavy atom. The number of nitrogens with one attached hydrogen (secondary N) is 1. The summed E-state index contributed by atoms with van der Waals surface area (Å²) in [5, 5.41) is 7.75. The molecule has 0 aliphatic carbocycles. The lowest BCUT2D eigenvalue weighted by molar-refractivity contribution is 0.555. The molecule has 2 rings (SSSR count). The van der Waals surface area contributed by atoms with Gasteiger partial charge >= 0.3 is 0 Å². The fourth-order valence-electron chi connectivity index (χ4n) is 1.74. The van der Waals surface area contributed by atoms with E-state index in [-0.39, 0.29) is 0 Å². The number of nitrogens with zero attached hydrogens (tertiary/aromatic N) is 2. The van der Waals surface area contributed by atoms with Gasteiger partial charge in [0.2, 0.25) is 0 Å². The molecule has 3 heteroatoms. The zero-order chi connectivity index (χ0) is 11.4. The van der Waals surface area contributed by atoms with E-state index in [0.29, 0.717) is 6.04 Å². The second-order valence-electron chi connectivity index (χ2n) is 4.01. The molecule has 0 bridgehead atoms. The Balaban J connectivity index is 2.07. The van der Waals surface area contributed by atoms with Gasteiger partial charge in [0.25, 0.3) is 0 Å². The van der Waals surface area contributed by atoms with Gasteiger partial charge in [-0.2, -0.15) is 5.10 Å². The highest BCUT2D eigenvalue weighted by atomic mass is 15.2. The van der Waals surface area contributed by atoms with Gasteiger partial charge in [0.05, 0.1) is 11.7 Å². The van der Waals surface area contributed by atoms with Crippen LogP contribution in [0.3, 0.4) is 0 Å². The summed E-state index contributed by atoms with van der Waals surface area (Å²) in [7, 11) is 0. The fourth-order valence-corrected chi connectivity index (χ4v) is 1.74. The quantitative estimate of drug-likeness (QED) is 0.776. The van der Waals surface area contributed by atoms with Gasteiger partial charge in [-0.05, 0) is 25.5 Å². The zero-order valence-electron chi connectivity index (χ0n) is 9.56. The Hall–Kier alpha value is -1.61. The Bertz CT molecular complexity index is 473. The highest BCUT2D eigenvalue weighted by Gasteiger charge is 2.04. The largest absolute Gasteiger partial charge is 0.310 e. The molecule has 0 aromatic carbocycles. The standard InChI is InChI=1S/C13H17N3/c1-3-6-11(2)14-9-12-10-15-16-8-5-4-7-13(12)16/h3-5,7-8,10-11,14H,1,6,9H2,2H3. The van der Waals surface area contributed by atoms with Crippen molar-refractivity contribution in [2.45, 2.75) is 25.9 Å². The minimum atomic E-state index is 0.455. The number of hydrogen-bond donors (Lipinski definition) is 1. The summed E-state index contributed by atoms with van der Waals surface area (Å²) < 4.78 is 1.90. The second kappa shape index (κ2) is 4.94. The normalized spacial score (nSPS) is 12.8. The van der Waals surface area contributed by atoms with Crippen LogP contribution in [0.4, 0.5) is 0 Å². The van der Waals surface area contributed by atoms with Crippen LogP contribution >= 0.6 is 0 Å². The Morgan fingerprint density at radius 3 is 3.25 bits per heavy atom. The van der Waals surface area contributed by atoms with Gasteiger partial charge in [0, 0.05) is 24.3 Å². The SMILES string of the molecule is C=CCC(C)NCc1cnn2ccccc12. The van der Waals surface area contributed by atoms with E-state index in [0.717, 1.165) is 13.0 Å². The van der Waals surface area contributed by atoms with E-state index in [2.05, 4.69) is 30.0 Å². The van der Waals surface area contributed by atoms with E-state index in [9.17, 15) is 0 Å². The monoisotopic (exact) mass is 215 g/mol. The predicted molar refractivity (Wildman–Crippen MR) is 66.3 cm³/mol. The molecule has 2 aromatic heterocycles. The van der Waals surface area contributed by atoms with Crippen molar-refractivity contribution in [3.8, 4) is 0 Å². The molecule has 0 aliphatic rings. The van der Waals surface area contributed by atoms with Crippen LogP contribution in [0.5, 0.6) is 0 Å². The van der Waals surface area contributed by atoms with E-state index in [1.165, 1.54) is 11.1 Å². The van der Waals surface area contributed by atoms with Gasteiger partial charge in [-0.1, -0.05) is 12.1 Å². The van der Waals surface area contributed by atoms with Crippen LogP contribution in [0, 0.1) is 0 Å². The maximum Gasteiger partial charge on any atom is 0.0706 e. The molecule has 3 nitrogen and oxygen atoms in total. The molecular weight excluding hydrogens is 198 g/mol. The van der Waals surface area contributed by atoms with Crippen LogP contribution < -0.4 is 5.32 Å². The van der Waals surface area contributed by atoms with Crippen molar-refractivity contribution in [2.24, 2.45) is 0 Å². The zero-order valence-corrected chi connectivity index (χ0v) is 9.56. The van der Waals surface area contributed by atoms with Gasteiger partial charge in [-0.15, -0.1) is 6.58 Å². The molecular formula is C13H17N3. The van der Waals surface area contributed by atoms with Gasteiger partial charge in [0.1, 0.15) is 0 Å². The van der Waals surface area contributed by atoms with Crippen LogP contribution in [0.1, 0.15) is 18.9 Å². The first-order valence-electron chi connectivity index (χ1n) is 5.57. The van der Waals surface area contributed by atoms with Gasteiger partial charge in [0.15, 0.2) is 0 Å². The van der Waals surface area contributed by atoms with Crippen molar-refractivity contribution in [3.63, 3.8) is 0 Å². The smallest absolute Gasteiger partial charge is 0.0706 e. The molecule has 0 saturated carbocycles. The van der Waals surface area contributed by atoms with Crippen LogP contribution in [0.15, 0.2) is 43.2 Å². The van der Waals surface area contributed by atoms with Gasteiger partial charge in [-0.25, -0.2) is 4.52 Å². The highest BCUT2D eigenvalue weighted by molar-refractivity contribution is 5.53. The first-order chi connectivity index (χ1) is 7.81. The Kier molecular flexibility index (Phi) is 3.37. The molecule has 1 unspecified atom stereocenters. The maximum atomic E-state index is 4.30. The number of hydrogen-bond acceptors (Lipinski definition) is 2. The number of fused-ring (bicyclic) bond motifs is 1. The lowest BCUT2D eigenvalue weighted by Gasteiger charge is -2.10. The van der Waals surface area contributed by atoms with E-state index in [1.807, 2.05) is 35.1 Å².